The molecule has 0 atom stereocenters. The number of aryl methyl sites for hydroxylation is 1. The molecule has 1 N–H and O–H groups in total. The van der Waals surface area contributed by atoms with Crippen LogP contribution in [0.5, 0.6) is 11.5 Å². The molecule has 8 heteroatoms. The number of carbonyl (C=O) groups excluding carboxylic acids is 1. The lowest BCUT2D eigenvalue weighted by atomic mass is 10.1. The van der Waals surface area contributed by atoms with Crippen LogP contribution in [0.4, 0.5) is 0 Å². The molecule has 0 spiro atoms. The van der Waals surface area contributed by atoms with Crippen LogP contribution in [0.25, 0.3) is 11.0 Å². The molecular formula is C19H19NO6S. The Morgan fingerprint density at radius 1 is 1.15 bits per heavy atom. The van der Waals surface area contributed by atoms with Crippen LogP contribution in [0.1, 0.15) is 11.1 Å². The number of nitrogens with one attached hydrogen (secondary N) is 1. The summed E-state index contributed by atoms with van der Waals surface area (Å²) < 4.78 is 40.9. The monoisotopic (exact) mass is 389 g/mol. The molecule has 1 aromatic heterocycles. The third-order valence-electron chi connectivity index (χ3n) is 4.20. The summed E-state index contributed by atoms with van der Waals surface area (Å²) in [5, 5.41) is 3.30. The molecular weight excluding hydrogens is 370 g/mol. The van der Waals surface area contributed by atoms with E-state index in [9.17, 15) is 13.2 Å². The number of rotatable bonds is 6. The highest BCUT2D eigenvalue weighted by molar-refractivity contribution is 7.87. The molecule has 0 aliphatic carbocycles. The number of benzene rings is 2. The number of carbonyl (C=O) groups is 1. The maximum atomic E-state index is 12.5. The Hall–Kier alpha value is -3.00. The average Bonchev–Trinajstić information content (AvgIpc) is 3.07. The van der Waals surface area contributed by atoms with E-state index in [1.54, 1.807) is 38.2 Å². The Balaban J connectivity index is 1.92. The lowest BCUT2D eigenvalue weighted by molar-refractivity contribution is -0.119. The zero-order chi connectivity index (χ0) is 19.6. The topological polar surface area (TPSA) is 94.8 Å². The van der Waals surface area contributed by atoms with Gasteiger partial charge in [-0.1, -0.05) is 0 Å². The van der Waals surface area contributed by atoms with Crippen LogP contribution in [0.2, 0.25) is 0 Å². The molecule has 27 heavy (non-hydrogen) atoms. The molecule has 0 fully saturated rings. The first-order valence-electron chi connectivity index (χ1n) is 8.14. The van der Waals surface area contributed by atoms with Gasteiger partial charge >= 0.3 is 10.1 Å². The van der Waals surface area contributed by atoms with Crippen LogP contribution in [0.3, 0.4) is 0 Å². The lowest BCUT2D eigenvalue weighted by Crippen LogP contribution is -2.19. The number of likely N-dealkylation sites (N-methyl/N-ethyl adjacent to an activating group) is 1. The molecule has 0 saturated carbocycles. The van der Waals surface area contributed by atoms with E-state index in [1.165, 1.54) is 25.5 Å². The highest BCUT2D eigenvalue weighted by Crippen LogP contribution is 2.32. The molecule has 0 bridgehead atoms. The third-order valence-corrected chi connectivity index (χ3v) is 5.45. The number of ether oxygens (including phenoxy) is 1. The van der Waals surface area contributed by atoms with Crippen molar-refractivity contribution in [1.82, 2.24) is 5.32 Å². The fraction of sp³-hybridized carbons (Fsp3) is 0.211. The molecule has 7 nitrogen and oxygen atoms in total. The Labute approximate surface area is 157 Å². The van der Waals surface area contributed by atoms with Crippen molar-refractivity contribution in [3.63, 3.8) is 0 Å². The number of methoxy groups -OCH3 is 1. The molecule has 3 aromatic rings. The zero-order valence-electron chi connectivity index (χ0n) is 15.1. The molecule has 142 valence electrons. The van der Waals surface area contributed by atoms with Gasteiger partial charge < -0.3 is 18.7 Å². The SMILES string of the molecule is CNC(=O)Cc1coc2c(C)c(OS(=O)(=O)c3ccc(OC)cc3)ccc12. The van der Waals surface area contributed by atoms with E-state index in [4.69, 9.17) is 13.3 Å². The minimum absolute atomic E-state index is 0.0162. The Kier molecular flexibility index (Phi) is 5.09. The first kappa shape index (κ1) is 18.8. The molecule has 0 aliphatic rings. The van der Waals surface area contributed by atoms with E-state index in [0.29, 0.717) is 16.9 Å². The number of hydrogen-bond donors (Lipinski definition) is 1. The van der Waals surface area contributed by atoms with E-state index >= 15 is 0 Å². The number of furan rings is 1. The summed E-state index contributed by atoms with van der Waals surface area (Å²) in [7, 11) is -0.945. The van der Waals surface area contributed by atoms with Gasteiger partial charge in [0.2, 0.25) is 5.91 Å². The van der Waals surface area contributed by atoms with E-state index in [-0.39, 0.29) is 23.0 Å². The maximum Gasteiger partial charge on any atom is 0.339 e. The molecule has 3 rings (SSSR count). The fourth-order valence-electron chi connectivity index (χ4n) is 2.67. The zero-order valence-corrected chi connectivity index (χ0v) is 15.9. The molecule has 1 heterocycles. The van der Waals surface area contributed by atoms with Crippen LogP contribution in [-0.2, 0) is 21.3 Å². The second-order valence-electron chi connectivity index (χ2n) is 5.89. The normalized spacial score (nSPS) is 11.4. The second-order valence-corrected chi connectivity index (χ2v) is 7.44. The van der Waals surface area contributed by atoms with Crippen molar-refractivity contribution in [2.24, 2.45) is 0 Å². The summed E-state index contributed by atoms with van der Waals surface area (Å²) in [5.41, 5.74) is 1.74. The van der Waals surface area contributed by atoms with Crippen molar-refractivity contribution < 1.29 is 26.5 Å². The van der Waals surface area contributed by atoms with Gasteiger partial charge in [-0.25, -0.2) is 0 Å². The Morgan fingerprint density at radius 3 is 2.48 bits per heavy atom. The van der Waals surface area contributed by atoms with Gasteiger partial charge in [0, 0.05) is 23.6 Å². The summed E-state index contributed by atoms with van der Waals surface area (Å²) in [5.74, 6) is 0.572. The van der Waals surface area contributed by atoms with Gasteiger partial charge in [-0.2, -0.15) is 8.42 Å². The minimum Gasteiger partial charge on any atom is -0.497 e. The number of amides is 1. The Morgan fingerprint density at radius 2 is 1.85 bits per heavy atom. The van der Waals surface area contributed by atoms with Crippen molar-refractivity contribution >= 4 is 27.0 Å². The quantitative estimate of drug-likeness (QED) is 0.652. The molecule has 0 radical (unpaired) electrons. The summed E-state index contributed by atoms with van der Waals surface area (Å²) >= 11 is 0. The van der Waals surface area contributed by atoms with Gasteiger partial charge in [-0.15, -0.1) is 0 Å². The van der Waals surface area contributed by atoms with E-state index in [2.05, 4.69) is 5.32 Å². The highest BCUT2D eigenvalue weighted by Gasteiger charge is 2.20. The first-order chi connectivity index (χ1) is 12.9. The first-order valence-corrected chi connectivity index (χ1v) is 9.55. The van der Waals surface area contributed by atoms with Crippen molar-refractivity contribution in [2.45, 2.75) is 18.2 Å². The van der Waals surface area contributed by atoms with Gasteiger partial charge in [-0.05, 0) is 43.3 Å². The lowest BCUT2D eigenvalue weighted by Gasteiger charge is -2.10. The number of fused-ring (bicyclic) bond motifs is 1. The van der Waals surface area contributed by atoms with Gasteiger partial charge in [0.25, 0.3) is 0 Å². The van der Waals surface area contributed by atoms with Crippen LogP contribution in [0, 0.1) is 6.92 Å². The van der Waals surface area contributed by atoms with Gasteiger partial charge in [-0.3, -0.25) is 4.79 Å². The van der Waals surface area contributed by atoms with Crippen molar-refractivity contribution in [1.29, 1.82) is 0 Å². The van der Waals surface area contributed by atoms with Crippen LogP contribution >= 0.6 is 0 Å². The predicted octanol–water partition coefficient (Wildman–Crippen LogP) is 2.81. The standard InChI is InChI=1S/C19H19NO6S/c1-12-17(26-27(22,23)15-6-4-14(24-3)5-7-15)9-8-16-13(10-18(21)20-2)11-25-19(12)16/h4-9,11H,10H2,1-3H3,(H,20,21). The van der Waals surface area contributed by atoms with Crippen molar-refractivity contribution in [3.05, 3.63) is 53.8 Å². The largest absolute Gasteiger partial charge is 0.497 e. The summed E-state index contributed by atoms with van der Waals surface area (Å²) in [4.78, 5) is 11.6. The van der Waals surface area contributed by atoms with Gasteiger partial charge in [0.15, 0.2) is 0 Å². The van der Waals surface area contributed by atoms with E-state index in [0.717, 1.165) is 10.9 Å². The molecule has 0 saturated heterocycles. The summed E-state index contributed by atoms with van der Waals surface area (Å²) in [6.45, 7) is 1.70. The van der Waals surface area contributed by atoms with Crippen LogP contribution in [-0.4, -0.2) is 28.5 Å². The summed E-state index contributed by atoms with van der Waals surface area (Å²) in [6, 6.07) is 9.16. The highest BCUT2D eigenvalue weighted by atomic mass is 32.2. The fourth-order valence-corrected chi connectivity index (χ4v) is 3.65. The molecule has 2 aromatic carbocycles. The van der Waals surface area contributed by atoms with Gasteiger partial charge in [0.1, 0.15) is 22.0 Å². The van der Waals surface area contributed by atoms with Crippen LogP contribution in [0.15, 0.2) is 52.0 Å². The maximum absolute atomic E-state index is 12.5. The van der Waals surface area contributed by atoms with Gasteiger partial charge in [0.05, 0.1) is 19.8 Å². The third kappa shape index (κ3) is 3.75. The van der Waals surface area contributed by atoms with E-state index < -0.39 is 10.1 Å². The minimum atomic E-state index is -4.01. The smallest absolute Gasteiger partial charge is 0.339 e. The Bertz CT molecular complexity index is 1080. The number of hydrogen-bond acceptors (Lipinski definition) is 6. The predicted molar refractivity (Wildman–Crippen MR) is 99.5 cm³/mol. The van der Waals surface area contributed by atoms with Crippen molar-refractivity contribution in [2.75, 3.05) is 14.2 Å². The molecule has 0 unspecified atom stereocenters. The van der Waals surface area contributed by atoms with E-state index in [1.807, 2.05) is 0 Å². The van der Waals surface area contributed by atoms with Crippen LogP contribution < -0.4 is 14.2 Å². The molecule has 0 aliphatic heterocycles. The summed E-state index contributed by atoms with van der Waals surface area (Å²) in [6.07, 6.45) is 1.67. The van der Waals surface area contributed by atoms with Crippen molar-refractivity contribution in [3.8, 4) is 11.5 Å². The average molecular weight is 389 g/mol. The second kappa shape index (κ2) is 7.32. The molecule has 1 amide bonds.